The quantitative estimate of drug-likeness (QED) is 0.0890. The summed E-state index contributed by atoms with van der Waals surface area (Å²) in [5.41, 5.74) is 25.5. The number of thiophene rings is 2. The zero-order valence-electron chi connectivity index (χ0n) is 57.2. The number of rotatable bonds is 16. The molecule has 0 aliphatic carbocycles. The van der Waals surface area contributed by atoms with E-state index in [0.717, 1.165) is 62.7 Å². The van der Waals surface area contributed by atoms with E-state index in [4.69, 9.17) is 0 Å². The van der Waals surface area contributed by atoms with Crippen LogP contribution in [0.2, 0.25) is 0 Å². The van der Waals surface area contributed by atoms with Crippen molar-refractivity contribution in [3.05, 3.63) is 387 Å². The third kappa shape index (κ3) is 12.0. The lowest BCUT2D eigenvalue weighted by atomic mass is 9.91. The van der Waals surface area contributed by atoms with Crippen molar-refractivity contribution >= 4 is 119 Å². The van der Waals surface area contributed by atoms with Crippen molar-refractivity contribution in [2.24, 2.45) is 0 Å². The molecule has 0 aliphatic heterocycles. The van der Waals surface area contributed by atoms with Crippen LogP contribution in [0.25, 0.3) is 145 Å². The minimum atomic E-state index is 0.773. The molecule has 488 valence electrons. The zero-order chi connectivity index (χ0) is 68.7. The normalized spacial score (nSPS) is 11.9. The molecule has 0 bridgehead atoms. The number of fused-ring (bicyclic) bond motifs is 8. The van der Waals surface area contributed by atoms with Crippen LogP contribution in [0.5, 0.6) is 0 Å². The first-order valence-corrected chi connectivity index (χ1v) is 37.2. The van der Waals surface area contributed by atoms with E-state index in [0.29, 0.717) is 0 Å². The first-order chi connectivity index (χ1) is 50.9. The Balaban J connectivity index is 0.741. The van der Waals surface area contributed by atoms with E-state index in [1.54, 1.807) is 0 Å². The molecule has 0 radical (unpaired) electrons. The Morgan fingerprint density at radius 3 is 1.26 bits per heavy atom. The number of allylic oxidation sites excluding steroid dienone is 4. The van der Waals surface area contributed by atoms with Crippen molar-refractivity contribution in [3.8, 4) is 77.9 Å². The summed E-state index contributed by atoms with van der Waals surface area (Å²) in [6.45, 7) is 4.47. The maximum absolute atomic E-state index is 2.52. The number of hydrogen-bond acceptors (Lipinski definition) is 4. The monoisotopic (exact) mass is 1350 g/mol. The second-order valence-corrected chi connectivity index (χ2v) is 28.7. The molecule has 0 atom stereocenters. The summed E-state index contributed by atoms with van der Waals surface area (Å²) in [5.74, 6) is 0. The van der Waals surface area contributed by atoms with Crippen molar-refractivity contribution in [3.63, 3.8) is 0 Å². The Hall–Kier alpha value is -12.4. The fourth-order valence-electron chi connectivity index (χ4n) is 15.3. The van der Waals surface area contributed by atoms with Crippen molar-refractivity contribution in [2.45, 2.75) is 20.3 Å². The topological polar surface area (TPSA) is 6.48 Å². The van der Waals surface area contributed by atoms with E-state index < -0.39 is 0 Å². The molecule has 18 aromatic rings. The highest BCUT2D eigenvalue weighted by atomic mass is 32.1. The predicted octanol–water partition coefficient (Wildman–Crippen LogP) is 29.4. The average Bonchev–Trinajstić information content (AvgIpc) is 1.67. The van der Waals surface area contributed by atoms with Gasteiger partial charge in [0.05, 0.1) is 11.4 Å². The molecule has 2 nitrogen and oxygen atoms in total. The van der Waals surface area contributed by atoms with Gasteiger partial charge >= 0.3 is 0 Å². The van der Waals surface area contributed by atoms with Gasteiger partial charge in [-0.3, -0.25) is 0 Å². The summed E-state index contributed by atoms with van der Waals surface area (Å²) in [7, 11) is 0. The van der Waals surface area contributed by atoms with Gasteiger partial charge in [-0.1, -0.05) is 286 Å². The van der Waals surface area contributed by atoms with Gasteiger partial charge in [-0.25, -0.2) is 0 Å². The maximum Gasteiger partial charge on any atom is 0.0546 e. The lowest BCUT2D eigenvalue weighted by molar-refractivity contribution is 1.02. The molecular weight excluding hydrogens is 1280 g/mol. The summed E-state index contributed by atoms with van der Waals surface area (Å²) in [5, 5.41) is 9.90. The van der Waals surface area contributed by atoms with Crippen molar-refractivity contribution in [2.75, 3.05) is 9.80 Å². The Morgan fingerprint density at radius 2 is 0.689 bits per heavy atom. The zero-order valence-corrected chi connectivity index (χ0v) is 58.8. The summed E-state index contributed by atoms with van der Waals surface area (Å²) in [4.78, 5) is 4.99. The molecule has 0 spiro atoms. The molecule has 0 saturated carbocycles. The Kier molecular flexibility index (Phi) is 16.6. The van der Waals surface area contributed by atoms with E-state index in [1.807, 2.05) is 22.7 Å². The van der Waals surface area contributed by atoms with Crippen molar-refractivity contribution in [1.29, 1.82) is 0 Å². The molecule has 0 N–H and O–H groups in total. The molecule has 0 fully saturated rings. The Morgan fingerprint density at radius 1 is 0.282 bits per heavy atom. The van der Waals surface area contributed by atoms with Crippen molar-refractivity contribution in [1.82, 2.24) is 0 Å². The van der Waals surface area contributed by atoms with Crippen LogP contribution in [0.1, 0.15) is 25.8 Å². The molecule has 0 unspecified atom stereocenters. The molecule has 18 rings (SSSR count). The highest BCUT2D eigenvalue weighted by molar-refractivity contribution is 7.26. The molecule has 0 aliphatic rings. The molecule has 16 aromatic carbocycles. The SMILES string of the molecule is C/C=C(\C=C(/CC)N(c1ccc(-c2ccc(-c3ccccc3)cc2)cc1)c1ccc2ccccc2c1-c1ccc2sc3ccccc3c2c1)c1ccc(-c2ccc3c(-c4ccc5sc6ccccc6c5c4)c(N(c4ccc(-c5ccccc5)cc4)c4cccc(-c5ccccc5)c4)ccc3c2)cc1. The third-order valence-electron chi connectivity index (χ3n) is 20.4. The summed E-state index contributed by atoms with van der Waals surface area (Å²) >= 11 is 3.72. The number of benzene rings is 16. The smallest absolute Gasteiger partial charge is 0.0546 e. The van der Waals surface area contributed by atoms with Gasteiger partial charge in [0.2, 0.25) is 0 Å². The standard InChI is InChI=1S/C99H70N2S2/c1-3-66(62-82(4-2)100(83-52-45-74(46-53-83)72-39-37-71(38-40-72)67-21-8-5-9-22-67)92-57-48-76-27-14-15-30-86(76)98(92)80-50-59-96-90(64-80)88-31-16-18-33-94(88)102-96)70-35-41-75(42-36-70)78-47-56-87-79(61-78)49-58-93(99(87)81-51-60-97-91(65-81)89-32-17-19-34-95(89)103-97)101(84-54-43-73(44-55-84)68-23-10-6-11-24-68)85-29-20-28-77(63-85)69-25-12-7-13-26-69/h3,5-65H,4H2,1-2H3/b66-3+,82-62+. The number of hydrogen-bond donors (Lipinski definition) is 0. The first-order valence-electron chi connectivity index (χ1n) is 35.5. The first kappa shape index (κ1) is 62.8. The highest BCUT2D eigenvalue weighted by Crippen LogP contribution is 2.50. The van der Waals surface area contributed by atoms with Crippen LogP contribution in [0.4, 0.5) is 28.4 Å². The lowest BCUT2D eigenvalue weighted by Gasteiger charge is -2.31. The molecular formula is C99H70N2S2. The van der Waals surface area contributed by atoms with Gasteiger partial charge in [0.1, 0.15) is 0 Å². The van der Waals surface area contributed by atoms with E-state index in [1.165, 1.54) is 129 Å². The molecule has 2 heterocycles. The molecule has 2 aromatic heterocycles. The fourth-order valence-corrected chi connectivity index (χ4v) is 17.4. The van der Waals surface area contributed by atoms with E-state index >= 15 is 0 Å². The minimum Gasteiger partial charge on any atom is -0.314 e. The lowest BCUT2D eigenvalue weighted by Crippen LogP contribution is -2.17. The van der Waals surface area contributed by atoms with Gasteiger partial charge in [0, 0.05) is 74.2 Å². The van der Waals surface area contributed by atoms with Crippen LogP contribution in [0.3, 0.4) is 0 Å². The van der Waals surface area contributed by atoms with Gasteiger partial charge in [0.15, 0.2) is 0 Å². The average molecular weight is 1350 g/mol. The number of anilines is 5. The minimum absolute atomic E-state index is 0.773. The second-order valence-electron chi connectivity index (χ2n) is 26.5. The molecule has 0 amide bonds. The molecule has 4 heteroatoms. The summed E-state index contributed by atoms with van der Waals surface area (Å²) in [6.07, 6.45) is 5.46. The van der Waals surface area contributed by atoms with Crippen LogP contribution in [0, 0.1) is 0 Å². The van der Waals surface area contributed by atoms with Crippen LogP contribution < -0.4 is 9.80 Å². The van der Waals surface area contributed by atoms with E-state index in [2.05, 4.69) is 400 Å². The van der Waals surface area contributed by atoms with Gasteiger partial charge in [-0.05, 0) is 210 Å². The maximum atomic E-state index is 2.52. The van der Waals surface area contributed by atoms with Gasteiger partial charge in [-0.15, -0.1) is 22.7 Å². The van der Waals surface area contributed by atoms with Gasteiger partial charge in [-0.2, -0.15) is 0 Å². The van der Waals surface area contributed by atoms with E-state index in [-0.39, 0.29) is 0 Å². The molecule has 0 saturated heterocycles. The van der Waals surface area contributed by atoms with Crippen molar-refractivity contribution < 1.29 is 0 Å². The molecule has 103 heavy (non-hydrogen) atoms. The van der Waals surface area contributed by atoms with Crippen LogP contribution in [-0.2, 0) is 0 Å². The number of nitrogens with zero attached hydrogens (tertiary/aromatic N) is 2. The largest absolute Gasteiger partial charge is 0.314 e. The van der Waals surface area contributed by atoms with Crippen LogP contribution >= 0.6 is 22.7 Å². The Labute approximate surface area is 609 Å². The third-order valence-corrected chi connectivity index (χ3v) is 22.8. The van der Waals surface area contributed by atoms with Gasteiger partial charge < -0.3 is 9.80 Å². The van der Waals surface area contributed by atoms with Gasteiger partial charge in [0.25, 0.3) is 0 Å². The Bertz CT molecular complexity index is 6250. The highest BCUT2D eigenvalue weighted by Gasteiger charge is 2.25. The fraction of sp³-hybridized carbons (Fsp3) is 0.0303. The predicted molar refractivity (Wildman–Crippen MR) is 447 cm³/mol. The van der Waals surface area contributed by atoms with Crippen LogP contribution in [-0.4, -0.2) is 0 Å². The second kappa shape index (κ2) is 27.2. The summed E-state index contributed by atoms with van der Waals surface area (Å²) in [6, 6.07) is 135. The van der Waals surface area contributed by atoms with E-state index in [9.17, 15) is 0 Å². The van der Waals surface area contributed by atoms with Crippen LogP contribution in [0.15, 0.2) is 382 Å². The summed E-state index contributed by atoms with van der Waals surface area (Å²) < 4.78 is 5.17.